The van der Waals surface area contributed by atoms with Gasteiger partial charge in [0.25, 0.3) is 0 Å². The second-order valence-corrected chi connectivity index (χ2v) is 6.42. The number of hydrogen-bond donors (Lipinski definition) is 0. The van der Waals surface area contributed by atoms with Crippen molar-refractivity contribution in [3.8, 4) is 0 Å². The second kappa shape index (κ2) is 5.38. The number of hydrogen-bond acceptors (Lipinski definition) is 3. The van der Waals surface area contributed by atoms with Gasteiger partial charge in [0.15, 0.2) is 0 Å². The second-order valence-electron chi connectivity index (χ2n) is 6.42. The summed E-state index contributed by atoms with van der Waals surface area (Å²) in [6.45, 7) is 10.6. The first-order valence-electron chi connectivity index (χ1n) is 6.49. The molecule has 1 aliphatic rings. The van der Waals surface area contributed by atoms with E-state index in [0.717, 1.165) is 12.8 Å². The van der Waals surface area contributed by atoms with Gasteiger partial charge < -0.3 is 9.47 Å². The van der Waals surface area contributed by atoms with E-state index in [2.05, 4.69) is 27.7 Å². The lowest BCUT2D eigenvalue weighted by Crippen LogP contribution is -2.47. The molecule has 0 bridgehead atoms. The fraction of sp³-hybridized carbons (Fsp3) is 0.929. The fourth-order valence-electron chi connectivity index (χ4n) is 2.48. The van der Waals surface area contributed by atoms with Crippen molar-refractivity contribution in [1.82, 2.24) is 0 Å². The third kappa shape index (κ3) is 3.70. The summed E-state index contributed by atoms with van der Waals surface area (Å²) in [4.78, 5) is 11.7. The van der Waals surface area contributed by atoms with Gasteiger partial charge in [0.05, 0.1) is 12.0 Å². The number of carbonyl (C=O) groups is 1. The Bertz CT molecular complexity index is 267. The molecule has 0 aromatic carbocycles. The standard InChI is InChI=1S/C14H26O3/c1-9-11(7-8-14(3,4)5)17-13(15)10(2)12(9)16-6/h9-12H,7-8H2,1-6H3/t9-,10+,11?,12?/m0/s1. The maximum atomic E-state index is 11.7. The first-order valence-corrected chi connectivity index (χ1v) is 6.49. The SMILES string of the molecule is COC1[C@@H](C)C(CCC(C)(C)C)OC(=O)[C@@H]1C. The van der Waals surface area contributed by atoms with E-state index in [9.17, 15) is 4.79 Å². The largest absolute Gasteiger partial charge is 0.462 e. The van der Waals surface area contributed by atoms with Gasteiger partial charge in [0.1, 0.15) is 6.10 Å². The van der Waals surface area contributed by atoms with Crippen LogP contribution in [-0.4, -0.2) is 25.3 Å². The highest BCUT2D eigenvalue weighted by molar-refractivity contribution is 5.73. The van der Waals surface area contributed by atoms with E-state index in [1.807, 2.05) is 6.92 Å². The molecule has 0 saturated carbocycles. The van der Waals surface area contributed by atoms with Crippen molar-refractivity contribution in [1.29, 1.82) is 0 Å². The summed E-state index contributed by atoms with van der Waals surface area (Å²) in [6.07, 6.45) is 1.97. The van der Waals surface area contributed by atoms with Crippen molar-refractivity contribution < 1.29 is 14.3 Å². The Morgan fingerprint density at radius 2 is 1.88 bits per heavy atom. The molecule has 0 aliphatic carbocycles. The minimum absolute atomic E-state index is 0.00266. The van der Waals surface area contributed by atoms with Crippen LogP contribution in [-0.2, 0) is 14.3 Å². The Balaban J connectivity index is 2.64. The summed E-state index contributed by atoms with van der Waals surface area (Å²) in [5.41, 5.74) is 0.276. The number of carbonyl (C=O) groups excluding carboxylic acids is 1. The first-order chi connectivity index (χ1) is 7.76. The summed E-state index contributed by atoms with van der Waals surface area (Å²) < 4.78 is 11.0. The number of rotatable bonds is 3. The molecule has 0 aromatic heterocycles. The number of esters is 1. The van der Waals surface area contributed by atoms with Gasteiger partial charge in [-0.05, 0) is 25.2 Å². The van der Waals surface area contributed by atoms with Crippen LogP contribution in [0.2, 0.25) is 0 Å². The first kappa shape index (κ1) is 14.5. The Morgan fingerprint density at radius 1 is 1.29 bits per heavy atom. The predicted octanol–water partition coefficient (Wildman–Crippen LogP) is 3.03. The molecule has 0 aromatic rings. The van der Waals surface area contributed by atoms with Crippen LogP contribution in [0, 0.1) is 17.3 Å². The average Bonchev–Trinajstić information content (AvgIpc) is 2.21. The fourth-order valence-corrected chi connectivity index (χ4v) is 2.48. The van der Waals surface area contributed by atoms with Gasteiger partial charge >= 0.3 is 5.97 Å². The zero-order valence-corrected chi connectivity index (χ0v) is 11.9. The van der Waals surface area contributed by atoms with Crippen LogP contribution in [0.3, 0.4) is 0 Å². The van der Waals surface area contributed by atoms with Crippen LogP contribution >= 0.6 is 0 Å². The smallest absolute Gasteiger partial charge is 0.311 e. The molecule has 0 radical (unpaired) electrons. The van der Waals surface area contributed by atoms with E-state index < -0.39 is 0 Å². The average molecular weight is 242 g/mol. The number of ether oxygens (including phenoxy) is 2. The van der Waals surface area contributed by atoms with Gasteiger partial charge in [-0.2, -0.15) is 0 Å². The van der Waals surface area contributed by atoms with E-state index in [0.29, 0.717) is 0 Å². The Hall–Kier alpha value is -0.570. The van der Waals surface area contributed by atoms with Crippen molar-refractivity contribution in [2.24, 2.45) is 17.3 Å². The van der Waals surface area contributed by atoms with E-state index in [1.54, 1.807) is 7.11 Å². The Labute approximate surface area is 105 Å². The molecule has 3 heteroatoms. The number of methoxy groups -OCH3 is 1. The van der Waals surface area contributed by atoms with Crippen LogP contribution in [0.15, 0.2) is 0 Å². The normalized spacial score (nSPS) is 34.6. The highest BCUT2D eigenvalue weighted by Crippen LogP contribution is 2.33. The summed E-state index contributed by atoms with van der Waals surface area (Å²) in [5.74, 6) is 0.00444. The van der Waals surface area contributed by atoms with Gasteiger partial charge in [-0.3, -0.25) is 4.79 Å². The van der Waals surface area contributed by atoms with Gasteiger partial charge in [-0.15, -0.1) is 0 Å². The maximum absolute atomic E-state index is 11.7. The topological polar surface area (TPSA) is 35.5 Å². The van der Waals surface area contributed by atoms with E-state index in [-0.39, 0.29) is 35.4 Å². The van der Waals surface area contributed by atoms with Crippen molar-refractivity contribution in [3.63, 3.8) is 0 Å². The minimum Gasteiger partial charge on any atom is -0.462 e. The van der Waals surface area contributed by atoms with Crippen LogP contribution in [0.25, 0.3) is 0 Å². The van der Waals surface area contributed by atoms with E-state index in [1.165, 1.54) is 0 Å². The van der Waals surface area contributed by atoms with Gasteiger partial charge in [0, 0.05) is 13.0 Å². The predicted molar refractivity (Wildman–Crippen MR) is 67.7 cm³/mol. The molecule has 1 aliphatic heterocycles. The van der Waals surface area contributed by atoms with Gasteiger partial charge in [0.2, 0.25) is 0 Å². The van der Waals surface area contributed by atoms with Crippen LogP contribution in [0.4, 0.5) is 0 Å². The highest BCUT2D eigenvalue weighted by Gasteiger charge is 2.41. The molecular weight excluding hydrogens is 216 g/mol. The van der Waals surface area contributed by atoms with Crippen LogP contribution in [0.1, 0.15) is 47.5 Å². The third-order valence-electron chi connectivity index (χ3n) is 3.69. The molecule has 17 heavy (non-hydrogen) atoms. The molecule has 1 rings (SSSR count). The lowest BCUT2D eigenvalue weighted by Gasteiger charge is -2.39. The Kier molecular flexibility index (Phi) is 4.59. The zero-order valence-electron chi connectivity index (χ0n) is 11.9. The van der Waals surface area contributed by atoms with Gasteiger partial charge in [-0.25, -0.2) is 0 Å². The summed E-state index contributed by atoms with van der Waals surface area (Å²) in [5, 5.41) is 0. The van der Waals surface area contributed by atoms with Crippen LogP contribution < -0.4 is 0 Å². The van der Waals surface area contributed by atoms with E-state index >= 15 is 0 Å². The molecular formula is C14H26O3. The highest BCUT2D eigenvalue weighted by atomic mass is 16.6. The summed E-state index contributed by atoms with van der Waals surface area (Å²) in [7, 11) is 1.68. The summed E-state index contributed by atoms with van der Waals surface area (Å²) in [6, 6.07) is 0. The van der Waals surface area contributed by atoms with Crippen molar-refractivity contribution in [2.75, 3.05) is 7.11 Å². The number of cyclic esters (lactones) is 1. The maximum Gasteiger partial charge on any atom is 0.311 e. The minimum atomic E-state index is -0.152. The van der Waals surface area contributed by atoms with Crippen molar-refractivity contribution >= 4 is 5.97 Å². The molecule has 3 nitrogen and oxygen atoms in total. The molecule has 1 saturated heterocycles. The molecule has 0 amide bonds. The van der Waals surface area contributed by atoms with Crippen molar-refractivity contribution in [2.45, 2.75) is 59.7 Å². The quantitative estimate of drug-likeness (QED) is 0.714. The van der Waals surface area contributed by atoms with Gasteiger partial charge in [-0.1, -0.05) is 27.7 Å². The van der Waals surface area contributed by atoms with Crippen LogP contribution in [0.5, 0.6) is 0 Å². The molecule has 1 heterocycles. The van der Waals surface area contributed by atoms with Crippen molar-refractivity contribution in [3.05, 3.63) is 0 Å². The molecule has 0 N–H and O–H groups in total. The monoisotopic (exact) mass is 242 g/mol. The Morgan fingerprint density at radius 3 is 2.35 bits per heavy atom. The molecule has 4 atom stereocenters. The zero-order chi connectivity index (χ0) is 13.2. The third-order valence-corrected chi connectivity index (χ3v) is 3.69. The molecule has 100 valence electrons. The lowest BCUT2D eigenvalue weighted by molar-refractivity contribution is -0.181. The molecule has 0 spiro atoms. The lowest BCUT2D eigenvalue weighted by atomic mass is 9.81. The molecule has 2 unspecified atom stereocenters. The van der Waals surface area contributed by atoms with E-state index in [4.69, 9.17) is 9.47 Å². The molecule has 1 fully saturated rings. The summed E-state index contributed by atoms with van der Waals surface area (Å²) >= 11 is 0.